The fraction of sp³-hybridized carbons (Fsp3) is 0.905. The summed E-state index contributed by atoms with van der Waals surface area (Å²) in [6.07, 6.45) is -6.42. The van der Waals surface area contributed by atoms with E-state index in [1.807, 2.05) is 13.8 Å². The van der Waals surface area contributed by atoms with Crippen molar-refractivity contribution in [1.82, 2.24) is 0 Å². The number of fused-ring (bicyclic) bond motifs is 5. The second-order valence-electron chi connectivity index (χ2n) is 19.6. The summed E-state index contributed by atoms with van der Waals surface area (Å²) in [5, 5.41) is 96.6. The molecule has 0 radical (unpaired) electrons. The fourth-order valence-electron chi connectivity index (χ4n) is 13.0. The number of allylic oxidation sites excluding steroid dienone is 4. The molecule has 316 valence electrons. The summed E-state index contributed by atoms with van der Waals surface area (Å²) in [7, 11) is 0. The number of hydrogen-bond donors (Lipinski definition) is 9. The van der Waals surface area contributed by atoms with Crippen LogP contribution in [-0.2, 0) is 18.9 Å². The number of rotatable bonds is 9. The highest BCUT2D eigenvalue weighted by molar-refractivity contribution is 5.24. The molecule has 2 saturated heterocycles. The maximum atomic E-state index is 11.6. The smallest absolute Gasteiger partial charge is 0.186 e. The average molecular weight is 783 g/mol. The van der Waals surface area contributed by atoms with Crippen LogP contribution in [0.4, 0.5) is 0 Å². The van der Waals surface area contributed by atoms with Gasteiger partial charge in [0.25, 0.3) is 0 Å². The summed E-state index contributed by atoms with van der Waals surface area (Å²) in [4.78, 5) is 0. The van der Waals surface area contributed by atoms with Gasteiger partial charge in [0.05, 0.1) is 31.5 Å². The van der Waals surface area contributed by atoms with Crippen LogP contribution in [0.2, 0.25) is 0 Å². The lowest BCUT2D eigenvalue weighted by Crippen LogP contribution is -2.71. The van der Waals surface area contributed by atoms with E-state index in [4.69, 9.17) is 18.9 Å². The van der Waals surface area contributed by atoms with Crippen LogP contribution in [0, 0.1) is 45.3 Å². The highest BCUT2D eigenvalue weighted by Gasteiger charge is 2.73. The Morgan fingerprint density at radius 2 is 1.22 bits per heavy atom. The van der Waals surface area contributed by atoms with Gasteiger partial charge in [-0.15, -0.1) is 0 Å². The molecule has 0 bridgehead atoms. The lowest BCUT2D eigenvalue weighted by Gasteiger charge is -2.72. The first-order valence-electron chi connectivity index (χ1n) is 20.6. The minimum atomic E-state index is -1.59. The minimum Gasteiger partial charge on any atom is -0.394 e. The van der Waals surface area contributed by atoms with Crippen LogP contribution in [0.15, 0.2) is 23.3 Å². The molecule has 0 aromatic carbocycles. The third-order valence-corrected chi connectivity index (χ3v) is 16.1. The maximum Gasteiger partial charge on any atom is 0.186 e. The largest absolute Gasteiger partial charge is 0.394 e. The van der Waals surface area contributed by atoms with E-state index in [0.29, 0.717) is 25.7 Å². The third-order valence-electron chi connectivity index (χ3n) is 16.1. The van der Waals surface area contributed by atoms with Crippen molar-refractivity contribution in [3.63, 3.8) is 0 Å². The van der Waals surface area contributed by atoms with Crippen LogP contribution >= 0.6 is 0 Å². The number of aliphatic hydroxyl groups is 9. The van der Waals surface area contributed by atoms with Crippen molar-refractivity contribution in [3.05, 3.63) is 23.3 Å². The van der Waals surface area contributed by atoms with Crippen molar-refractivity contribution in [2.45, 2.75) is 180 Å². The van der Waals surface area contributed by atoms with E-state index in [1.54, 1.807) is 0 Å². The molecule has 55 heavy (non-hydrogen) atoms. The summed E-state index contributed by atoms with van der Waals surface area (Å²) in [6.45, 7) is 16.2. The molecule has 20 atom stereocenters. The Morgan fingerprint density at radius 3 is 1.75 bits per heavy atom. The van der Waals surface area contributed by atoms with E-state index < -0.39 is 109 Å². The Hall–Kier alpha value is -1.04. The van der Waals surface area contributed by atoms with Gasteiger partial charge in [0.15, 0.2) is 12.6 Å². The molecule has 20 unspecified atom stereocenters. The molecule has 0 aromatic rings. The monoisotopic (exact) mass is 782 g/mol. The number of hydrogen-bond acceptors (Lipinski definition) is 13. The Morgan fingerprint density at radius 1 is 0.673 bits per heavy atom. The second-order valence-corrected chi connectivity index (χ2v) is 19.6. The predicted octanol–water partition coefficient (Wildman–Crippen LogP) is 1.93. The van der Waals surface area contributed by atoms with E-state index in [2.05, 4.69) is 53.7 Å². The van der Waals surface area contributed by atoms with Gasteiger partial charge in [0, 0.05) is 0 Å². The van der Waals surface area contributed by atoms with Crippen LogP contribution < -0.4 is 0 Å². The highest BCUT2D eigenvalue weighted by atomic mass is 16.7. The summed E-state index contributed by atoms with van der Waals surface area (Å²) in [6, 6.07) is 0. The Kier molecular flexibility index (Phi) is 12.6. The molecule has 0 aromatic heterocycles. The molecule has 9 N–H and O–H groups in total. The van der Waals surface area contributed by atoms with Crippen molar-refractivity contribution >= 4 is 0 Å². The van der Waals surface area contributed by atoms with Crippen molar-refractivity contribution < 1.29 is 64.9 Å². The maximum absolute atomic E-state index is 11.6. The standard InChI is InChI=1S/C42H70O13/c1-20(2)10-9-11-21(3)22-12-15-41(7)29(22)23(52-37-34(50)32(48)30(46)25(18-43)54-37)16-27-40(6)14-13-28(45)39(4,5)36(40)24(17-42(27,41)8)53-38-35(51)33(49)31(47)26(19-44)55-38/h10-11,22-38,43-51H,9,12-19H2,1-8H3. The lowest BCUT2D eigenvalue weighted by molar-refractivity contribution is -0.356. The molecular formula is C42H70O13. The molecule has 13 nitrogen and oxygen atoms in total. The SMILES string of the molecule is CC(C)=CCC=C(C)C1CCC2(C)C1C(OC1OC(CO)C(O)C(O)C1O)CC1C3(C)CCC(O)C(C)(C)C3C(OC3OC(CO)C(O)C(O)C3O)CC12C. The zero-order valence-corrected chi connectivity index (χ0v) is 34.0. The van der Waals surface area contributed by atoms with Gasteiger partial charge in [-0.1, -0.05) is 57.9 Å². The molecule has 0 amide bonds. The van der Waals surface area contributed by atoms with E-state index in [0.717, 1.165) is 19.3 Å². The third kappa shape index (κ3) is 7.12. The first-order valence-corrected chi connectivity index (χ1v) is 20.6. The minimum absolute atomic E-state index is 0.0104. The van der Waals surface area contributed by atoms with E-state index >= 15 is 0 Å². The van der Waals surface area contributed by atoms with Gasteiger partial charge in [0.2, 0.25) is 0 Å². The highest BCUT2D eigenvalue weighted by Crippen LogP contribution is 2.76. The normalized spacial score (nSPS) is 52.5. The Bertz CT molecular complexity index is 1410. The predicted molar refractivity (Wildman–Crippen MR) is 201 cm³/mol. The van der Waals surface area contributed by atoms with Crippen molar-refractivity contribution in [2.24, 2.45) is 45.3 Å². The van der Waals surface area contributed by atoms with Crippen LogP contribution in [0.3, 0.4) is 0 Å². The van der Waals surface area contributed by atoms with Crippen molar-refractivity contribution in [1.29, 1.82) is 0 Å². The van der Waals surface area contributed by atoms with Gasteiger partial charge >= 0.3 is 0 Å². The van der Waals surface area contributed by atoms with Gasteiger partial charge in [-0.25, -0.2) is 0 Å². The van der Waals surface area contributed by atoms with Gasteiger partial charge in [-0.3, -0.25) is 0 Å². The summed E-state index contributed by atoms with van der Waals surface area (Å²) < 4.78 is 25.7. The molecular weight excluding hydrogens is 712 g/mol. The van der Waals surface area contributed by atoms with E-state index in [-0.39, 0.29) is 29.1 Å². The first-order chi connectivity index (χ1) is 25.7. The molecule has 13 heteroatoms. The average Bonchev–Trinajstić information content (AvgIpc) is 3.50. The molecule has 2 aliphatic heterocycles. The van der Waals surface area contributed by atoms with Crippen LogP contribution in [0.1, 0.15) is 100 Å². The van der Waals surface area contributed by atoms with Gasteiger partial charge in [-0.2, -0.15) is 0 Å². The molecule has 0 spiro atoms. The molecule has 6 aliphatic rings. The van der Waals surface area contributed by atoms with Crippen LogP contribution in [-0.4, -0.2) is 139 Å². The van der Waals surface area contributed by atoms with Gasteiger partial charge in [0.1, 0.15) is 48.8 Å². The van der Waals surface area contributed by atoms with Crippen molar-refractivity contribution in [2.75, 3.05) is 13.2 Å². The molecule has 6 rings (SSSR count). The van der Waals surface area contributed by atoms with E-state index in [9.17, 15) is 46.0 Å². The molecule has 4 saturated carbocycles. The quantitative estimate of drug-likeness (QED) is 0.121. The van der Waals surface area contributed by atoms with E-state index in [1.165, 1.54) is 11.1 Å². The zero-order chi connectivity index (χ0) is 40.6. The molecule has 2 heterocycles. The summed E-state index contributed by atoms with van der Waals surface area (Å²) in [5.41, 5.74) is 0.590. The zero-order valence-electron chi connectivity index (χ0n) is 34.0. The topological polar surface area (TPSA) is 219 Å². The molecule has 6 fully saturated rings. The van der Waals surface area contributed by atoms with Gasteiger partial charge in [-0.05, 0) is 111 Å². The number of aliphatic hydroxyl groups excluding tert-OH is 9. The molecule has 4 aliphatic carbocycles. The van der Waals surface area contributed by atoms with Gasteiger partial charge < -0.3 is 64.9 Å². The van der Waals surface area contributed by atoms with Crippen LogP contribution in [0.25, 0.3) is 0 Å². The summed E-state index contributed by atoms with van der Waals surface area (Å²) >= 11 is 0. The lowest BCUT2D eigenvalue weighted by atomic mass is 9.34. The van der Waals surface area contributed by atoms with Crippen molar-refractivity contribution in [3.8, 4) is 0 Å². The summed E-state index contributed by atoms with van der Waals surface area (Å²) in [5.74, 6) is -0.205. The Labute approximate surface area is 326 Å². The first kappa shape index (κ1) is 43.5. The fourth-order valence-corrected chi connectivity index (χ4v) is 13.0. The second kappa shape index (κ2) is 15.9. The van der Waals surface area contributed by atoms with Crippen LogP contribution in [0.5, 0.6) is 0 Å². The Balaban J connectivity index is 1.44. The number of ether oxygens (including phenoxy) is 4.